The molecular formula is C30H35NO5. The minimum atomic E-state index is -0.549. The van der Waals surface area contributed by atoms with Gasteiger partial charge in [0, 0.05) is 29.3 Å². The van der Waals surface area contributed by atoms with Crippen molar-refractivity contribution in [2.24, 2.45) is 0 Å². The predicted octanol–water partition coefficient (Wildman–Crippen LogP) is 5.80. The lowest BCUT2D eigenvalue weighted by atomic mass is 9.71. The summed E-state index contributed by atoms with van der Waals surface area (Å²) in [5.74, 6) is 0.352. The van der Waals surface area contributed by atoms with Crippen molar-refractivity contribution < 1.29 is 23.8 Å². The molecule has 1 N–H and O–H groups in total. The lowest BCUT2D eigenvalue weighted by Crippen LogP contribution is -2.36. The van der Waals surface area contributed by atoms with Crippen LogP contribution in [0.25, 0.3) is 0 Å². The van der Waals surface area contributed by atoms with Crippen molar-refractivity contribution in [3.8, 4) is 11.5 Å². The number of dihydropyridines is 1. The third kappa shape index (κ3) is 5.03. The zero-order valence-corrected chi connectivity index (χ0v) is 21.7. The van der Waals surface area contributed by atoms with Crippen LogP contribution in [-0.2, 0) is 14.3 Å². The van der Waals surface area contributed by atoms with E-state index >= 15 is 0 Å². The molecule has 0 spiro atoms. The molecule has 0 amide bonds. The van der Waals surface area contributed by atoms with Crippen molar-refractivity contribution in [2.45, 2.75) is 64.9 Å². The fourth-order valence-corrected chi connectivity index (χ4v) is 5.07. The average Bonchev–Trinajstić information content (AvgIpc) is 2.88. The topological polar surface area (TPSA) is 73.9 Å². The molecule has 2 aliphatic rings. The summed E-state index contributed by atoms with van der Waals surface area (Å²) in [6.07, 6.45) is 1.56. The first-order valence-electron chi connectivity index (χ1n) is 12.7. The van der Waals surface area contributed by atoms with Gasteiger partial charge in [0.15, 0.2) is 17.3 Å². The molecule has 4 rings (SSSR count). The summed E-state index contributed by atoms with van der Waals surface area (Å²) in [5, 5.41) is 3.41. The van der Waals surface area contributed by atoms with Gasteiger partial charge in [-0.05, 0) is 62.8 Å². The second-order valence-electron chi connectivity index (χ2n) is 9.40. The number of allylic oxidation sites excluding steroid dienone is 3. The maximum absolute atomic E-state index is 13.7. The van der Waals surface area contributed by atoms with E-state index in [-0.39, 0.29) is 17.8 Å². The van der Waals surface area contributed by atoms with Crippen LogP contribution in [0.3, 0.4) is 0 Å². The van der Waals surface area contributed by atoms with Crippen LogP contribution < -0.4 is 14.8 Å². The molecule has 2 aromatic rings. The van der Waals surface area contributed by atoms with Crippen molar-refractivity contribution in [3.63, 3.8) is 0 Å². The van der Waals surface area contributed by atoms with Gasteiger partial charge in [0.25, 0.3) is 0 Å². The van der Waals surface area contributed by atoms with Crippen molar-refractivity contribution in [2.75, 3.05) is 13.7 Å². The monoisotopic (exact) mass is 489 g/mol. The molecule has 190 valence electrons. The van der Waals surface area contributed by atoms with Crippen LogP contribution in [0.5, 0.6) is 11.5 Å². The molecule has 1 aliphatic carbocycles. The van der Waals surface area contributed by atoms with E-state index in [0.717, 1.165) is 16.8 Å². The number of ketones is 1. The molecule has 0 fully saturated rings. The maximum Gasteiger partial charge on any atom is 0.337 e. The molecule has 36 heavy (non-hydrogen) atoms. The highest BCUT2D eigenvalue weighted by molar-refractivity contribution is 6.04. The van der Waals surface area contributed by atoms with E-state index in [0.29, 0.717) is 54.2 Å². The quantitative estimate of drug-likeness (QED) is 0.473. The zero-order chi connectivity index (χ0) is 25.8. The molecule has 6 heteroatoms. The maximum atomic E-state index is 13.7. The van der Waals surface area contributed by atoms with E-state index in [9.17, 15) is 9.59 Å². The van der Waals surface area contributed by atoms with Crippen LogP contribution in [0, 0.1) is 0 Å². The molecule has 0 bridgehead atoms. The number of hydrogen-bond donors (Lipinski definition) is 1. The molecule has 0 radical (unpaired) electrons. The molecule has 0 unspecified atom stereocenters. The standard InChI is InChI=1S/C30H35NO5/c1-6-18(3)36-30(33)27-19(4)31-23-15-22(20-11-9-8-10-12-20)16-24(32)29(23)28(27)21-13-14-25(35-7-2)26(17-21)34-5/h8-14,17-18,22,28,31H,6-7,15-16H2,1-5H3/t18-,22+,28-/m0/s1. The number of Topliss-reactive ketones (excluding diaryl/α,β-unsaturated/α-hetero) is 1. The highest BCUT2D eigenvalue weighted by atomic mass is 16.5. The van der Waals surface area contributed by atoms with Gasteiger partial charge in [0.05, 0.1) is 25.4 Å². The van der Waals surface area contributed by atoms with Gasteiger partial charge in [0.1, 0.15) is 0 Å². The summed E-state index contributed by atoms with van der Waals surface area (Å²) >= 11 is 0. The molecule has 2 aromatic carbocycles. The summed E-state index contributed by atoms with van der Waals surface area (Å²) in [6, 6.07) is 15.7. The Morgan fingerprint density at radius 3 is 2.47 bits per heavy atom. The molecule has 0 saturated carbocycles. The summed E-state index contributed by atoms with van der Waals surface area (Å²) in [4.78, 5) is 27.2. The Morgan fingerprint density at radius 1 is 1.06 bits per heavy atom. The Bertz CT molecular complexity index is 1200. The number of ether oxygens (including phenoxy) is 3. The summed E-state index contributed by atoms with van der Waals surface area (Å²) < 4.78 is 17.1. The van der Waals surface area contributed by atoms with Gasteiger partial charge in [-0.25, -0.2) is 4.79 Å². The van der Waals surface area contributed by atoms with Gasteiger partial charge in [-0.2, -0.15) is 0 Å². The van der Waals surface area contributed by atoms with E-state index in [1.165, 1.54) is 0 Å². The van der Waals surface area contributed by atoms with Gasteiger partial charge in [-0.3, -0.25) is 4.79 Å². The van der Waals surface area contributed by atoms with Gasteiger partial charge in [-0.15, -0.1) is 0 Å². The first-order chi connectivity index (χ1) is 17.4. The van der Waals surface area contributed by atoms with Crippen molar-refractivity contribution in [1.82, 2.24) is 5.32 Å². The number of hydrogen-bond acceptors (Lipinski definition) is 6. The van der Waals surface area contributed by atoms with Crippen molar-refractivity contribution in [3.05, 3.63) is 82.2 Å². The Kier molecular flexibility index (Phi) is 7.82. The highest BCUT2D eigenvalue weighted by Gasteiger charge is 2.42. The molecule has 1 aliphatic heterocycles. The Labute approximate surface area is 213 Å². The van der Waals surface area contributed by atoms with E-state index in [1.54, 1.807) is 7.11 Å². The Balaban J connectivity index is 1.82. The van der Waals surface area contributed by atoms with Crippen LogP contribution in [0.1, 0.15) is 69.9 Å². The smallest absolute Gasteiger partial charge is 0.337 e. The fourth-order valence-electron chi connectivity index (χ4n) is 5.07. The third-order valence-electron chi connectivity index (χ3n) is 7.02. The van der Waals surface area contributed by atoms with E-state index in [4.69, 9.17) is 14.2 Å². The van der Waals surface area contributed by atoms with E-state index in [1.807, 2.05) is 64.1 Å². The molecule has 3 atom stereocenters. The second kappa shape index (κ2) is 11.0. The number of benzene rings is 2. The predicted molar refractivity (Wildman–Crippen MR) is 139 cm³/mol. The number of methoxy groups -OCH3 is 1. The number of rotatable bonds is 8. The molecule has 0 saturated heterocycles. The van der Waals surface area contributed by atoms with E-state index in [2.05, 4.69) is 17.4 Å². The van der Waals surface area contributed by atoms with Crippen molar-refractivity contribution >= 4 is 11.8 Å². The van der Waals surface area contributed by atoms with Crippen LogP contribution in [0.2, 0.25) is 0 Å². The number of carbonyl (C=O) groups excluding carboxylic acids is 2. The van der Waals surface area contributed by atoms with Crippen LogP contribution in [0.15, 0.2) is 71.1 Å². The Hall–Kier alpha value is -3.54. The van der Waals surface area contributed by atoms with Gasteiger partial charge in [-0.1, -0.05) is 43.3 Å². The first kappa shape index (κ1) is 25.5. The highest BCUT2D eigenvalue weighted by Crippen LogP contribution is 2.47. The van der Waals surface area contributed by atoms with Crippen LogP contribution >= 0.6 is 0 Å². The largest absolute Gasteiger partial charge is 0.493 e. The SMILES string of the molecule is CCOc1ccc([C@H]2C(C(=O)O[C@@H](C)CC)=C(C)NC3=C2C(=O)C[C@H](c2ccccc2)C3)cc1OC. The van der Waals surface area contributed by atoms with Crippen LogP contribution in [-0.4, -0.2) is 31.6 Å². The summed E-state index contributed by atoms with van der Waals surface area (Å²) in [5.41, 5.74) is 4.62. The normalized spacial score (nSPS) is 20.4. The number of carbonyl (C=O) groups is 2. The summed E-state index contributed by atoms with van der Waals surface area (Å²) in [7, 11) is 1.59. The lowest BCUT2D eigenvalue weighted by molar-refractivity contribution is -0.144. The van der Waals surface area contributed by atoms with E-state index < -0.39 is 11.9 Å². The van der Waals surface area contributed by atoms with Gasteiger partial charge < -0.3 is 19.5 Å². The lowest BCUT2D eigenvalue weighted by Gasteiger charge is -2.37. The second-order valence-corrected chi connectivity index (χ2v) is 9.40. The number of nitrogens with one attached hydrogen (secondary N) is 1. The number of esters is 1. The third-order valence-corrected chi connectivity index (χ3v) is 7.02. The minimum Gasteiger partial charge on any atom is -0.493 e. The van der Waals surface area contributed by atoms with Gasteiger partial charge >= 0.3 is 5.97 Å². The fraction of sp³-hybridized carbons (Fsp3) is 0.400. The molecule has 1 heterocycles. The first-order valence-corrected chi connectivity index (χ1v) is 12.7. The van der Waals surface area contributed by atoms with Gasteiger partial charge in [0.2, 0.25) is 0 Å². The average molecular weight is 490 g/mol. The molecule has 6 nitrogen and oxygen atoms in total. The molecular weight excluding hydrogens is 454 g/mol. The van der Waals surface area contributed by atoms with Crippen LogP contribution in [0.4, 0.5) is 0 Å². The van der Waals surface area contributed by atoms with Crippen molar-refractivity contribution in [1.29, 1.82) is 0 Å². The zero-order valence-electron chi connectivity index (χ0n) is 21.7. The summed E-state index contributed by atoms with van der Waals surface area (Å²) in [6.45, 7) is 8.15. The Morgan fingerprint density at radius 2 is 1.81 bits per heavy atom. The minimum absolute atomic E-state index is 0.0387. The molecule has 0 aromatic heterocycles.